The number of hydrogen-bond acceptors (Lipinski definition) is 4. The first kappa shape index (κ1) is 22.7. The highest BCUT2D eigenvalue weighted by Gasteiger charge is 2.39. The topological polar surface area (TPSA) is 95.9 Å². The molecule has 1 heterocycles. The summed E-state index contributed by atoms with van der Waals surface area (Å²) >= 11 is 0. The highest BCUT2D eigenvalue weighted by molar-refractivity contribution is 5.97. The highest BCUT2D eigenvalue weighted by Crippen LogP contribution is 2.44. The number of fused-ring (bicyclic) bond motifs is 3. The van der Waals surface area contributed by atoms with E-state index < -0.39 is 18.1 Å². The van der Waals surface area contributed by atoms with E-state index in [9.17, 15) is 19.5 Å². The summed E-state index contributed by atoms with van der Waals surface area (Å²) in [4.78, 5) is 38.3. The number of carbonyl (C=O) groups excluding carboxylic acids is 2. The van der Waals surface area contributed by atoms with Gasteiger partial charge < -0.3 is 14.7 Å². The maximum atomic E-state index is 12.8. The third-order valence-corrected chi connectivity index (χ3v) is 6.94. The first-order valence-electron chi connectivity index (χ1n) is 11.7. The van der Waals surface area contributed by atoms with Crippen LogP contribution < -0.4 is 5.32 Å². The molecule has 35 heavy (non-hydrogen) atoms. The molecule has 0 saturated carbocycles. The first-order chi connectivity index (χ1) is 16.9. The Kier molecular flexibility index (Phi) is 5.99. The molecule has 1 saturated heterocycles. The Balaban J connectivity index is 1.22. The maximum Gasteiger partial charge on any atom is 0.411 e. The van der Waals surface area contributed by atoms with Crippen LogP contribution in [-0.4, -0.2) is 47.2 Å². The fourth-order valence-corrected chi connectivity index (χ4v) is 5.17. The maximum absolute atomic E-state index is 12.8. The summed E-state index contributed by atoms with van der Waals surface area (Å²) in [6, 6.07) is 21.9. The van der Waals surface area contributed by atoms with Crippen molar-refractivity contribution in [3.05, 3.63) is 89.5 Å². The van der Waals surface area contributed by atoms with E-state index in [-0.39, 0.29) is 24.3 Å². The molecule has 2 unspecified atom stereocenters. The number of hydrogen-bond donors (Lipinski definition) is 2. The molecule has 0 radical (unpaired) electrons. The fraction of sp³-hybridized carbons (Fsp3) is 0.250. The second kappa shape index (κ2) is 9.25. The third kappa shape index (κ3) is 4.25. The minimum Gasteiger partial charge on any atom is -0.480 e. The molecular formula is C28H26N2O5. The molecule has 1 aliphatic carbocycles. The van der Waals surface area contributed by atoms with Crippen LogP contribution in [0.25, 0.3) is 11.1 Å². The number of anilines is 1. The zero-order chi connectivity index (χ0) is 24.5. The molecule has 2 amide bonds. The molecule has 7 heteroatoms. The second-order valence-corrected chi connectivity index (χ2v) is 9.08. The van der Waals surface area contributed by atoms with Gasteiger partial charge in [0.25, 0.3) is 5.91 Å². The van der Waals surface area contributed by atoms with Gasteiger partial charge in [-0.25, -0.2) is 9.59 Å². The van der Waals surface area contributed by atoms with Gasteiger partial charge in [0.2, 0.25) is 0 Å². The second-order valence-electron chi connectivity index (χ2n) is 9.08. The lowest BCUT2D eigenvalue weighted by molar-refractivity contribution is -0.142. The van der Waals surface area contributed by atoms with Gasteiger partial charge in [-0.3, -0.25) is 10.1 Å². The molecule has 0 bridgehead atoms. The number of amides is 2. The number of likely N-dealkylation sites (tertiary alicyclic amines) is 1. The van der Waals surface area contributed by atoms with Gasteiger partial charge in [0.1, 0.15) is 12.6 Å². The SMILES string of the molecule is CC1CCN(C(=O)c2ccc(NC(=O)OCC3c4ccccc4-c4ccccc43)cc2)C1C(=O)O. The zero-order valence-corrected chi connectivity index (χ0v) is 19.3. The number of carboxylic acid groups (broad SMARTS) is 1. The lowest BCUT2D eigenvalue weighted by Gasteiger charge is -2.23. The van der Waals surface area contributed by atoms with E-state index in [0.717, 1.165) is 22.3 Å². The standard InChI is InChI=1S/C28H26N2O5/c1-17-14-15-30(25(17)27(32)33)26(31)18-10-12-19(13-11-18)29-28(34)35-16-24-22-8-4-2-6-20(22)21-7-3-5-9-23(21)24/h2-13,17,24-25H,14-16H2,1H3,(H,29,34)(H,32,33). The first-order valence-corrected chi connectivity index (χ1v) is 11.7. The summed E-state index contributed by atoms with van der Waals surface area (Å²) in [7, 11) is 0. The average molecular weight is 471 g/mol. The predicted octanol–water partition coefficient (Wildman–Crippen LogP) is 4.98. The Labute approximate surface area is 203 Å². The van der Waals surface area contributed by atoms with Crippen molar-refractivity contribution in [2.75, 3.05) is 18.5 Å². The molecule has 1 aliphatic heterocycles. The number of nitrogens with zero attached hydrogens (tertiary/aromatic N) is 1. The molecule has 2 aliphatic rings. The van der Waals surface area contributed by atoms with Crippen molar-refractivity contribution in [2.45, 2.75) is 25.3 Å². The number of carboxylic acids is 1. The largest absolute Gasteiger partial charge is 0.480 e. The van der Waals surface area contributed by atoms with Crippen LogP contribution in [0.4, 0.5) is 10.5 Å². The lowest BCUT2D eigenvalue weighted by atomic mass is 9.98. The van der Waals surface area contributed by atoms with Gasteiger partial charge in [0.05, 0.1) is 0 Å². The summed E-state index contributed by atoms with van der Waals surface area (Å²) in [5.41, 5.74) is 5.47. The van der Waals surface area contributed by atoms with Crippen LogP contribution in [0.15, 0.2) is 72.8 Å². The average Bonchev–Trinajstić information content (AvgIpc) is 3.41. The monoisotopic (exact) mass is 470 g/mol. The van der Waals surface area contributed by atoms with Crippen molar-refractivity contribution in [1.82, 2.24) is 4.90 Å². The van der Waals surface area contributed by atoms with Crippen LogP contribution in [0.3, 0.4) is 0 Å². The predicted molar refractivity (Wildman–Crippen MR) is 131 cm³/mol. The molecule has 3 aromatic carbocycles. The summed E-state index contributed by atoms with van der Waals surface area (Å²) in [6.07, 6.45) is 0.0784. The third-order valence-electron chi connectivity index (χ3n) is 6.94. The normalized spacial score (nSPS) is 18.6. The number of benzene rings is 3. The Morgan fingerprint density at radius 3 is 2.14 bits per heavy atom. The highest BCUT2D eigenvalue weighted by atomic mass is 16.5. The van der Waals surface area contributed by atoms with E-state index in [2.05, 4.69) is 29.6 Å². The zero-order valence-electron chi connectivity index (χ0n) is 19.3. The van der Waals surface area contributed by atoms with E-state index in [0.29, 0.717) is 24.2 Å². The Morgan fingerprint density at radius 1 is 0.943 bits per heavy atom. The van der Waals surface area contributed by atoms with E-state index >= 15 is 0 Å². The van der Waals surface area contributed by atoms with Gasteiger partial charge in [0.15, 0.2) is 0 Å². The molecule has 2 N–H and O–H groups in total. The van der Waals surface area contributed by atoms with Crippen molar-refractivity contribution in [1.29, 1.82) is 0 Å². The molecule has 1 fully saturated rings. The molecule has 0 aromatic heterocycles. The molecule has 7 nitrogen and oxygen atoms in total. The lowest BCUT2D eigenvalue weighted by Crippen LogP contribution is -2.42. The van der Waals surface area contributed by atoms with Crippen LogP contribution in [0.1, 0.15) is 40.7 Å². The van der Waals surface area contributed by atoms with Crippen molar-refractivity contribution >= 4 is 23.7 Å². The van der Waals surface area contributed by atoms with Gasteiger partial charge in [-0.15, -0.1) is 0 Å². The molecule has 2 atom stereocenters. The number of rotatable bonds is 5. The Morgan fingerprint density at radius 2 is 1.54 bits per heavy atom. The fourth-order valence-electron chi connectivity index (χ4n) is 5.17. The minimum atomic E-state index is -0.989. The van der Waals surface area contributed by atoms with Crippen LogP contribution in [0.5, 0.6) is 0 Å². The number of nitrogens with one attached hydrogen (secondary N) is 1. The Bertz CT molecular complexity index is 1240. The minimum absolute atomic E-state index is 0.0295. The molecule has 178 valence electrons. The van der Waals surface area contributed by atoms with E-state index in [4.69, 9.17) is 4.74 Å². The van der Waals surface area contributed by atoms with Crippen LogP contribution in [0, 0.1) is 5.92 Å². The molecule has 3 aromatic rings. The van der Waals surface area contributed by atoms with Gasteiger partial charge in [-0.2, -0.15) is 0 Å². The summed E-state index contributed by atoms with van der Waals surface area (Å²) in [6.45, 7) is 2.46. The van der Waals surface area contributed by atoms with Crippen molar-refractivity contribution < 1.29 is 24.2 Å². The van der Waals surface area contributed by atoms with E-state index in [1.807, 2.05) is 31.2 Å². The summed E-state index contributed by atoms with van der Waals surface area (Å²) in [5, 5.41) is 12.2. The van der Waals surface area contributed by atoms with Crippen molar-refractivity contribution in [2.24, 2.45) is 5.92 Å². The number of carbonyl (C=O) groups is 3. The number of aliphatic carboxylic acids is 1. The quantitative estimate of drug-likeness (QED) is 0.548. The van der Waals surface area contributed by atoms with Gasteiger partial charge in [0, 0.05) is 23.7 Å². The molecular weight excluding hydrogens is 444 g/mol. The van der Waals surface area contributed by atoms with Gasteiger partial charge in [-0.1, -0.05) is 55.5 Å². The van der Waals surface area contributed by atoms with E-state index in [1.165, 1.54) is 4.90 Å². The van der Waals surface area contributed by atoms with E-state index in [1.54, 1.807) is 24.3 Å². The van der Waals surface area contributed by atoms with Crippen LogP contribution >= 0.6 is 0 Å². The van der Waals surface area contributed by atoms with Crippen LogP contribution in [0.2, 0.25) is 0 Å². The smallest absolute Gasteiger partial charge is 0.411 e. The van der Waals surface area contributed by atoms with Gasteiger partial charge in [-0.05, 0) is 58.9 Å². The number of ether oxygens (including phenoxy) is 1. The van der Waals surface area contributed by atoms with Crippen molar-refractivity contribution in [3.63, 3.8) is 0 Å². The van der Waals surface area contributed by atoms with Gasteiger partial charge >= 0.3 is 12.1 Å². The summed E-state index contributed by atoms with van der Waals surface area (Å²) in [5.74, 6) is -1.43. The van der Waals surface area contributed by atoms with Crippen LogP contribution in [-0.2, 0) is 9.53 Å². The van der Waals surface area contributed by atoms with Crippen molar-refractivity contribution in [3.8, 4) is 11.1 Å². The molecule has 5 rings (SSSR count). The molecule has 0 spiro atoms. The Hall–Kier alpha value is -4.13. The summed E-state index contributed by atoms with van der Waals surface area (Å²) < 4.78 is 5.56.